The number of ether oxygens (including phenoxy) is 1. The largest absolute Gasteiger partial charge is 0.478 e. The minimum Gasteiger partial charge on any atom is -0.478 e. The minimum atomic E-state index is -1.06. The van der Waals surface area contributed by atoms with Crippen molar-refractivity contribution in [2.24, 2.45) is 0 Å². The van der Waals surface area contributed by atoms with Gasteiger partial charge in [-0.3, -0.25) is 4.79 Å². The lowest BCUT2D eigenvalue weighted by Crippen LogP contribution is -2.05. The normalized spacial score (nSPS) is 14.0. The van der Waals surface area contributed by atoms with E-state index in [-0.39, 0.29) is 18.1 Å². The van der Waals surface area contributed by atoms with Crippen LogP contribution in [0.4, 0.5) is 0 Å². The van der Waals surface area contributed by atoms with Crippen molar-refractivity contribution in [1.82, 2.24) is 4.98 Å². The monoisotopic (exact) mass is 389 g/mol. The summed E-state index contributed by atoms with van der Waals surface area (Å²) in [6, 6.07) is 0. The lowest BCUT2D eigenvalue weighted by Gasteiger charge is -2.10. The zero-order valence-corrected chi connectivity index (χ0v) is 16.8. The van der Waals surface area contributed by atoms with Crippen molar-refractivity contribution in [3.05, 3.63) is 44.8 Å². The molecule has 0 aromatic carbocycles. The molecule has 7 heteroatoms. The van der Waals surface area contributed by atoms with Crippen LogP contribution in [0.1, 0.15) is 66.8 Å². The van der Waals surface area contributed by atoms with E-state index in [4.69, 9.17) is 4.74 Å². The highest BCUT2D eigenvalue weighted by Gasteiger charge is 2.27. The summed E-state index contributed by atoms with van der Waals surface area (Å²) < 4.78 is 4.70. The Labute approximate surface area is 164 Å². The average Bonchev–Trinajstić information content (AvgIpc) is 3.12. The number of nitrogens with one attached hydrogen (secondary N) is 1. The van der Waals surface area contributed by atoms with Gasteiger partial charge < -0.3 is 19.9 Å². The molecule has 0 atom stereocenters. The number of carboxylic acids is 2. The molecule has 3 N–H and O–H groups in total. The van der Waals surface area contributed by atoms with Crippen LogP contribution < -0.4 is 0 Å². The molecule has 0 amide bonds. The van der Waals surface area contributed by atoms with Gasteiger partial charge in [0.25, 0.3) is 0 Å². The smallest absolute Gasteiger partial charge is 0.352 e. The van der Waals surface area contributed by atoms with Gasteiger partial charge in [0, 0.05) is 30.5 Å². The quantitative estimate of drug-likeness (QED) is 0.556. The molecular weight excluding hydrogens is 362 g/mol. The van der Waals surface area contributed by atoms with Crippen molar-refractivity contribution < 1.29 is 29.3 Å². The molecule has 0 radical (unpaired) electrons. The lowest BCUT2D eigenvalue weighted by molar-refractivity contribution is -0.140. The van der Waals surface area contributed by atoms with E-state index in [0.717, 1.165) is 40.8 Å². The van der Waals surface area contributed by atoms with Crippen LogP contribution in [0, 0.1) is 6.92 Å². The van der Waals surface area contributed by atoms with Crippen LogP contribution >= 0.6 is 0 Å². The molecule has 28 heavy (non-hydrogen) atoms. The molecule has 1 aromatic rings. The summed E-state index contributed by atoms with van der Waals surface area (Å²) in [6.07, 6.45) is 2.98. The number of aromatic amines is 1. The van der Waals surface area contributed by atoms with Gasteiger partial charge in [0.05, 0.1) is 7.11 Å². The second-order valence-electron chi connectivity index (χ2n) is 7.06. The molecule has 0 fully saturated rings. The predicted octanol–water partition coefficient (Wildman–Crippen LogP) is 3.57. The molecule has 2 rings (SSSR count). The first-order valence-corrected chi connectivity index (χ1v) is 9.35. The summed E-state index contributed by atoms with van der Waals surface area (Å²) in [5.74, 6) is -2.33. The van der Waals surface area contributed by atoms with E-state index in [2.05, 4.69) is 4.98 Å². The topological polar surface area (TPSA) is 117 Å². The Bertz CT molecular complexity index is 872. The molecule has 0 saturated heterocycles. The van der Waals surface area contributed by atoms with E-state index >= 15 is 0 Å². The number of aromatic nitrogens is 1. The van der Waals surface area contributed by atoms with Gasteiger partial charge in [-0.1, -0.05) is 18.9 Å². The highest BCUT2D eigenvalue weighted by atomic mass is 16.5. The van der Waals surface area contributed by atoms with Crippen LogP contribution in [-0.4, -0.2) is 40.2 Å². The summed E-state index contributed by atoms with van der Waals surface area (Å²) in [4.78, 5) is 37.7. The average molecular weight is 389 g/mol. The van der Waals surface area contributed by atoms with Crippen molar-refractivity contribution in [1.29, 1.82) is 0 Å². The molecule has 1 aliphatic rings. The second kappa shape index (κ2) is 8.91. The maximum atomic E-state index is 11.6. The van der Waals surface area contributed by atoms with E-state index in [1.807, 2.05) is 13.8 Å². The number of methoxy groups -OCH3 is 1. The number of esters is 1. The van der Waals surface area contributed by atoms with Gasteiger partial charge in [0.15, 0.2) is 0 Å². The molecule has 0 spiro atoms. The molecule has 0 aliphatic heterocycles. The Hall–Kier alpha value is -2.83. The maximum absolute atomic E-state index is 11.6. The molecule has 1 aromatic heterocycles. The number of carboxylic acid groups (broad SMARTS) is 2. The zero-order chi connectivity index (χ0) is 21.0. The number of aliphatic carboxylic acids is 1. The minimum absolute atomic E-state index is 0.105. The summed E-state index contributed by atoms with van der Waals surface area (Å²) in [5.41, 5.74) is 5.46. The Kier molecular flexibility index (Phi) is 6.83. The Morgan fingerprint density at radius 2 is 1.79 bits per heavy atom. The molecule has 1 heterocycles. The highest BCUT2D eigenvalue weighted by molar-refractivity contribution is 5.91. The third-order valence-electron chi connectivity index (χ3n) is 5.36. The lowest BCUT2D eigenvalue weighted by atomic mass is 9.95. The Balaban J connectivity index is 2.41. The van der Waals surface area contributed by atoms with Gasteiger partial charge in [-0.2, -0.15) is 0 Å². The van der Waals surface area contributed by atoms with Gasteiger partial charge in [-0.25, -0.2) is 9.59 Å². The van der Waals surface area contributed by atoms with Gasteiger partial charge in [-0.15, -0.1) is 0 Å². The second-order valence-corrected chi connectivity index (χ2v) is 7.06. The molecule has 152 valence electrons. The number of carbonyl (C=O) groups is 3. The van der Waals surface area contributed by atoms with Gasteiger partial charge in [0.1, 0.15) is 5.69 Å². The van der Waals surface area contributed by atoms with Gasteiger partial charge in [-0.05, 0) is 49.0 Å². The summed E-state index contributed by atoms with van der Waals surface area (Å²) in [7, 11) is 1.32. The van der Waals surface area contributed by atoms with Crippen molar-refractivity contribution in [2.75, 3.05) is 7.11 Å². The highest BCUT2D eigenvalue weighted by Crippen LogP contribution is 2.37. The zero-order valence-electron chi connectivity index (χ0n) is 16.8. The molecule has 7 nitrogen and oxygen atoms in total. The maximum Gasteiger partial charge on any atom is 0.352 e. The van der Waals surface area contributed by atoms with Crippen molar-refractivity contribution >= 4 is 17.9 Å². The number of rotatable bonds is 9. The van der Waals surface area contributed by atoms with Crippen LogP contribution in [0.3, 0.4) is 0 Å². The van der Waals surface area contributed by atoms with Crippen LogP contribution in [0.5, 0.6) is 0 Å². The fraction of sp³-hybridized carbons (Fsp3) is 0.476. The van der Waals surface area contributed by atoms with Crippen molar-refractivity contribution in [2.45, 2.75) is 59.3 Å². The Morgan fingerprint density at radius 3 is 2.32 bits per heavy atom. The predicted molar refractivity (Wildman–Crippen MR) is 103 cm³/mol. The number of H-pyrrole nitrogens is 1. The van der Waals surface area contributed by atoms with Crippen molar-refractivity contribution in [3.63, 3.8) is 0 Å². The van der Waals surface area contributed by atoms with Gasteiger partial charge in [0.2, 0.25) is 0 Å². The molecule has 0 unspecified atom stereocenters. The fourth-order valence-electron chi connectivity index (χ4n) is 3.86. The first kappa shape index (κ1) is 21.5. The van der Waals surface area contributed by atoms with Crippen LogP contribution in [0.15, 0.2) is 22.3 Å². The molecule has 0 saturated carbocycles. The van der Waals surface area contributed by atoms with E-state index in [0.29, 0.717) is 30.4 Å². The van der Waals surface area contributed by atoms with E-state index in [9.17, 15) is 24.6 Å². The summed E-state index contributed by atoms with van der Waals surface area (Å²) in [5, 5.41) is 18.9. The third kappa shape index (κ3) is 4.35. The molecule has 1 aliphatic carbocycles. The number of carbonyl (C=O) groups excluding carboxylic acids is 1. The fourth-order valence-corrected chi connectivity index (χ4v) is 3.86. The van der Waals surface area contributed by atoms with E-state index in [1.54, 1.807) is 6.92 Å². The van der Waals surface area contributed by atoms with E-state index < -0.39 is 11.9 Å². The van der Waals surface area contributed by atoms with E-state index in [1.165, 1.54) is 7.11 Å². The Morgan fingerprint density at radius 1 is 1.11 bits per heavy atom. The molecular formula is C21H27NO6. The third-order valence-corrected chi connectivity index (χ3v) is 5.36. The molecule has 0 bridgehead atoms. The van der Waals surface area contributed by atoms with Crippen LogP contribution in [-0.2, 0) is 27.2 Å². The standard InChI is InChI=1S/C21H27NO6/c1-5-6-14-11(2)16(20(24)25)9-13(14)10-17-15(7-8-18(23)28-4)12(3)19(22-17)21(26)27/h22H,5-10H2,1-4H3,(H,24,25)(H,26,27). The van der Waals surface area contributed by atoms with Crippen molar-refractivity contribution in [3.8, 4) is 0 Å². The van der Waals surface area contributed by atoms with Gasteiger partial charge >= 0.3 is 17.9 Å². The SMILES string of the molecule is CCCC1=C(Cc2[nH]c(C(=O)O)c(C)c2CCC(=O)OC)CC(C(=O)O)=C1C. The number of hydrogen-bond donors (Lipinski definition) is 3. The van der Waals surface area contributed by atoms with Crippen LogP contribution in [0.2, 0.25) is 0 Å². The van der Waals surface area contributed by atoms with Crippen LogP contribution in [0.25, 0.3) is 0 Å². The number of allylic oxidation sites excluding steroid dienone is 3. The number of aromatic carboxylic acids is 1. The number of hydrogen-bond acceptors (Lipinski definition) is 4. The first-order valence-electron chi connectivity index (χ1n) is 9.35. The first-order chi connectivity index (χ1) is 13.2. The summed E-state index contributed by atoms with van der Waals surface area (Å²) in [6.45, 7) is 5.60. The summed E-state index contributed by atoms with van der Waals surface area (Å²) >= 11 is 0.